The molecule has 0 saturated heterocycles. The average Bonchev–Trinajstić information content (AvgIpc) is 3.56. The first-order chi connectivity index (χ1) is 20.9. The topological polar surface area (TPSA) is 123 Å². The van der Waals surface area contributed by atoms with E-state index in [1.54, 1.807) is 10.8 Å². The van der Waals surface area contributed by atoms with Crippen LogP contribution in [-0.2, 0) is 41.1 Å². The summed E-state index contributed by atoms with van der Waals surface area (Å²) in [7, 11) is 1.85. The van der Waals surface area contributed by atoms with E-state index in [2.05, 4.69) is 15.3 Å². The third kappa shape index (κ3) is 5.88. The minimum atomic E-state index is -0.774. The van der Waals surface area contributed by atoms with E-state index in [1.165, 1.54) is 0 Å². The van der Waals surface area contributed by atoms with Gasteiger partial charge < -0.3 is 24.9 Å². The zero-order valence-corrected chi connectivity index (χ0v) is 24.0. The van der Waals surface area contributed by atoms with Crippen LogP contribution in [0.5, 0.6) is 0 Å². The van der Waals surface area contributed by atoms with Crippen LogP contribution >= 0.6 is 0 Å². The van der Waals surface area contributed by atoms with Crippen molar-refractivity contribution in [2.75, 3.05) is 0 Å². The highest BCUT2D eigenvalue weighted by Gasteiger charge is 2.33. The lowest BCUT2D eigenvalue weighted by Gasteiger charge is -2.29. The van der Waals surface area contributed by atoms with Gasteiger partial charge in [-0.25, -0.2) is 9.67 Å². The number of H-pyrrole nitrogens is 1. The standard InChI is InChI=1S/C33H33N5O5/c1-21-31(33(41)38(37(21)2)25-8-4-3-5-9-25)24-16-28(32(40)34-18-29-35-26-10-6-7-11-27(26)36-29)43-30(17-24)42-20-23-14-12-22(19-39)13-15-23/h3-16,24,30,39H,17-20H2,1-2H3,(H,34,40)(H,35,36)/t24-,30+/m1/s1. The number of aromatic amines is 1. The van der Waals surface area contributed by atoms with Crippen LogP contribution in [0.3, 0.4) is 0 Å². The van der Waals surface area contributed by atoms with Gasteiger partial charge in [0.2, 0.25) is 6.29 Å². The summed E-state index contributed by atoms with van der Waals surface area (Å²) < 4.78 is 15.7. The van der Waals surface area contributed by atoms with Crippen molar-refractivity contribution in [2.24, 2.45) is 7.05 Å². The molecule has 1 aliphatic heterocycles. The number of carbonyl (C=O) groups excluding carboxylic acids is 1. The molecule has 2 atom stereocenters. The summed E-state index contributed by atoms with van der Waals surface area (Å²) in [5.41, 5.74) is 5.36. The Kier molecular flexibility index (Phi) is 7.95. The zero-order chi connectivity index (χ0) is 29.9. The third-order valence-corrected chi connectivity index (χ3v) is 7.75. The smallest absolute Gasteiger partial charge is 0.286 e. The number of nitrogens with zero attached hydrogens (tertiary/aromatic N) is 3. The highest BCUT2D eigenvalue weighted by molar-refractivity contribution is 5.91. The molecule has 3 aromatic carbocycles. The minimum Gasteiger partial charge on any atom is -0.459 e. The van der Waals surface area contributed by atoms with Crippen molar-refractivity contribution >= 4 is 16.9 Å². The molecule has 1 amide bonds. The molecule has 0 bridgehead atoms. The van der Waals surface area contributed by atoms with Gasteiger partial charge in [0.05, 0.1) is 36.5 Å². The van der Waals surface area contributed by atoms with Gasteiger partial charge in [0.15, 0.2) is 5.76 Å². The van der Waals surface area contributed by atoms with Crippen LogP contribution < -0.4 is 10.9 Å². The first kappa shape index (κ1) is 28.2. The Morgan fingerprint density at radius 2 is 1.79 bits per heavy atom. The van der Waals surface area contributed by atoms with Gasteiger partial charge in [-0.2, -0.15) is 0 Å². The van der Waals surface area contributed by atoms with Crippen LogP contribution in [0, 0.1) is 6.92 Å². The highest BCUT2D eigenvalue weighted by atomic mass is 16.7. The van der Waals surface area contributed by atoms with Crippen molar-refractivity contribution in [3.63, 3.8) is 0 Å². The summed E-state index contributed by atoms with van der Waals surface area (Å²) in [5.74, 6) is -0.151. The lowest BCUT2D eigenvalue weighted by Crippen LogP contribution is -2.34. The second kappa shape index (κ2) is 12.1. The number of nitrogens with one attached hydrogen (secondary N) is 2. The third-order valence-electron chi connectivity index (χ3n) is 7.75. The highest BCUT2D eigenvalue weighted by Crippen LogP contribution is 2.32. The number of aromatic nitrogens is 4. The van der Waals surface area contributed by atoms with Crippen molar-refractivity contribution in [3.8, 4) is 5.69 Å². The van der Waals surface area contributed by atoms with E-state index in [0.29, 0.717) is 17.8 Å². The monoisotopic (exact) mass is 579 g/mol. The quantitative estimate of drug-likeness (QED) is 0.242. The first-order valence-corrected chi connectivity index (χ1v) is 14.2. The van der Waals surface area contributed by atoms with Crippen LogP contribution in [-0.4, -0.2) is 36.6 Å². The molecule has 220 valence electrons. The van der Waals surface area contributed by atoms with Crippen LogP contribution in [0.15, 0.2) is 95.5 Å². The summed E-state index contributed by atoms with van der Waals surface area (Å²) in [5, 5.41) is 12.2. The van der Waals surface area contributed by atoms with E-state index in [4.69, 9.17) is 9.47 Å². The second-order valence-electron chi connectivity index (χ2n) is 10.6. The fraction of sp³-hybridized carbons (Fsp3) is 0.242. The van der Waals surface area contributed by atoms with Gasteiger partial charge in [0, 0.05) is 30.6 Å². The number of para-hydroxylation sites is 3. The number of ether oxygens (including phenoxy) is 2. The number of hydrogen-bond acceptors (Lipinski definition) is 6. The fourth-order valence-electron chi connectivity index (χ4n) is 5.41. The predicted octanol–water partition coefficient (Wildman–Crippen LogP) is 4.10. The number of aliphatic hydroxyl groups is 1. The van der Waals surface area contributed by atoms with Crippen molar-refractivity contribution in [2.45, 2.75) is 45.3 Å². The van der Waals surface area contributed by atoms with E-state index >= 15 is 0 Å². The van der Waals surface area contributed by atoms with Crippen molar-refractivity contribution in [3.05, 3.63) is 129 Å². The number of carbonyl (C=O) groups is 1. The minimum absolute atomic E-state index is 0.0389. The molecule has 0 fully saturated rings. The molecule has 0 saturated carbocycles. The fourth-order valence-corrected chi connectivity index (χ4v) is 5.41. The Morgan fingerprint density at radius 1 is 1.07 bits per heavy atom. The SMILES string of the molecule is Cc1c([C@@H]2C=C(C(=O)NCc3nc4ccccc4[nH]3)O[C@H](OCc3ccc(CO)cc3)C2)c(=O)n(-c2ccccc2)n1C. The Balaban J connectivity index is 1.27. The number of imidazole rings is 1. The number of benzene rings is 3. The summed E-state index contributed by atoms with van der Waals surface area (Å²) >= 11 is 0. The van der Waals surface area contributed by atoms with Gasteiger partial charge in [-0.3, -0.25) is 14.3 Å². The lowest BCUT2D eigenvalue weighted by molar-refractivity contribution is -0.150. The summed E-state index contributed by atoms with van der Waals surface area (Å²) in [4.78, 5) is 35.0. The Labute approximate surface area is 248 Å². The Hall–Kier alpha value is -4.93. The lowest BCUT2D eigenvalue weighted by atomic mass is 9.93. The van der Waals surface area contributed by atoms with E-state index in [1.807, 2.05) is 97.5 Å². The molecule has 1 aliphatic rings. The number of aliphatic hydroxyl groups excluding tert-OH is 1. The molecule has 5 aromatic rings. The first-order valence-electron chi connectivity index (χ1n) is 14.2. The van der Waals surface area contributed by atoms with E-state index in [0.717, 1.165) is 33.5 Å². The predicted molar refractivity (Wildman–Crippen MR) is 161 cm³/mol. The average molecular weight is 580 g/mol. The molecular weight excluding hydrogens is 546 g/mol. The van der Waals surface area contributed by atoms with Gasteiger partial charge in [-0.05, 0) is 48.4 Å². The van der Waals surface area contributed by atoms with Crippen LogP contribution in [0.4, 0.5) is 0 Å². The summed E-state index contributed by atoms with van der Waals surface area (Å²) in [6, 6.07) is 24.5. The Morgan fingerprint density at radius 3 is 2.53 bits per heavy atom. The number of allylic oxidation sites excluding steroid dienone is 1. The number of rotatable bonds is 9. The van der Waals surface area contributed by atoms with E-state index in [9.17, 15) is 14.7 Å². The molecule has 0 aliphatic carbocycles. The van der Waals surface area contributed by atoms with E-state index in [-0.39, 0.29) is 31.1 Å². The Bertz CT molecular complexity index is 1800. The molecule has 0 spiro atoms. The molecule has 43 heavy (non-hydrogen) atoms. The maximum atomic E-state index is 13.8. The van der Waals surface area contributed by atoms with Gasteiger partial charge in [0.1, 0.15) is 5.82 Å². The maximum Gasteiger partial charge on any atom is 0.286 e. The number of fused-ring (bicyclic) bond motifs is 1. The molecule has 10 nitrogen and oxygen atoms in total. The molecule has 6 rings (SSSR count). The summed E-state index contributed by atoms with van der Waals surface area (Å²) in [6.45, 7) is 2.27. The molecule has 0 unspecified atom stereocenters. The van der Waals surface area contributed by atoms with Crippen LogP contribution in [0.25, 0.3) is 16.7 Å². The van der Waals surface area contributed by atoms with Crippen molar-refractivity contribution in [1.82, 2.24) is 24.6 Å². The van der Waals surface area contributed by atoms with Crippen molar-refractivity contribution in [1.29, 1.82) is 0 Å². The molecular formula is C33H33N5O5. The van der Waals surface area contributed by atoms with Crippen molar-refractivity contribution < 1.29 is 19.4 Å². The summed E-state index contributed by atoms with van der Waals surface area (Å²) in [6.07, 6.45) is 1.29. The normalized spacial score (nSPS) is 16.6. The van der Waals surface area contributed by atoms with Gasteiger partial charge in [0.25, 0.3) is 11.5 Å². The zero-order valence-electron chi connectivity index (χ0n) is 24.0. The van der Waals surface area contributed by atoms with Gasteiger partial charge in [-0.15, -0.1) is 0 Å². The van der Waals surface area contributed by atoms with Gasteiger partial charge in [-0.1, -0.05) is 54.6 Å². The van der Waals surface area contributed by atoms with Crippen LogP contribution in [0.2, 0.25) is 0 Å². The number of hydrogen-bond donors (Lipinski definition) is 3. The van der Waals surface area contributed by atoms with Gasteiger partial charge >= 0.3 is 0 Å². The molecule has 0 radical (unpaired) electrons. The molecule has 3 heterocycles. The largest absolute Gasteiger partial charge is 0.459 e. The molecule has 3 N–H and O–H groups in total. The number of amides is 1. The second-order valence-corrected chi connectivity index (χ2v) is 10.6. The molecule has 2 aromatic heterocycles. The molecule has 10 heteroatoms. The maximum absolute atomic E-state index is 13.8. The van der Waals surface area contributed by atoms with E-state index < -0.39 is 18.1 Å². The van der Waals surface area contributed by atoms with Crippen LogP contribution in [0.1, 0.15) is 40.5 Å².